The van der Waals surface area contributed by atoms with Gasteiger partial charge >= 0.3 is 5.97 Å². The number of hydrogen-bond acceptors (Lipinski definition) is 4. The van der Waals surface area contributed by atoms with E-state index in [0.29, 0.717) is 17.2 Å². The molecule has 0 spiro atoms. The Hall–Kier alpha value is -3.57. The minimum Gasteiger partial charge on any atom is -0.482 e. The van der Waals surface area contributed by atoms with Crippen LogP contribution < -0.4 is 9.47 Å². The standard InChI is InChI=1S/C31H34O5/c1-19(2)26-17-27(23-12-11-20(3)21(4)15-23)22(5)35-31(26)28-16-25(36-24-9-7-6-8-10-24)13-14-29(28)34-18-30(32)33/h6-16,22,26-27,31H,1,17-18H2,2-5H3,(H,32,33)/t22-,26+,27-,31-/m0/s1. The van der Waals surface area contributed by atoms with Crippen molar-refractivity contribution in [3.8, 4) is 17.2 Å². The Morgan fingerprint density at radius 1 is 1.03 bits per heavy atom. The average Bonchev–Trinajstić information content (AvgIpc) is 2.85. The van der Waals surface area contributed by atoms with Crippen LogP contribution in [0.4, 0.5) is 0 Å². The van der Waals surface area contributed by atoms with Gasteiger partial charge in [0.2, 0.25) is 0 Å². The monoisotopic (exact) mass is 486 g/mol. The molecular weight excluding hydrogens is 452 g/mol. The third-order valence-corrected chi connectivity index (χ3v) is 7.01. The van der Waals surface area contributed by atoms with Crippen molar-refractivity contribution in [3.05, 3.63) is 101 Å². The highest BCUT2D eigenvalue weighted by molar-refractivity contribution is 5.68. The second-order valence-electron chi connectivity index (χ2n) is 9.70. The van der Waals surface area contributed by atoms with Gasteiger partial charge in [0.1, 0.15) is 17.2 Å². The van der Waals surface area contributed by atoms with E-state index in [1.165, 1.54) is 16.7 Å². The van der Waals surface area contributed by atoms with E-state index in [2.05, 4.69) is 45.5 Å². The molecule has 0 bridgehead atoms. The summed E-state index contributed by atoms with van der Waals surface area (Å²) in [6, 6.07) is 21.6. The normalized spacial score (nSPS) is 21.6. The lowest BCUT2D eigenvalue weighted by Gasteiger charge is -2.42. The number of hydrogen-bond donors (Lipinski definition) is 1. The number of rotatable bonds is 8. The van der Waals surface area contributed by atoms with Crippen LogP contribution in [0.25, 0.3) is 0 Å². The van der Waals surface area contributed by atoms with E-state index in [1.54, 1.807) is 12.1 Å². The summed E-state index contributed by atoms with van der Waals surface area (Å²) in [5.74, 6) is 1.03. The zero-order chi connectivity index (χ0) is 25.8. The number of aryl methyl sites for hydroxylation is 2. The largest absolute Gasteiger partial charge is 0.482 e. The highest BCUT2D eigenvalue weighted by Crippen LogP contribution is 2.49. The molecule has 4 rings (SSSR count). The summed E-state index contributed by atoms with van der Waals surface area (Å²) >= 11 is 0. The first-order chi connectivity index (χ1) is 17.2. The smallest absolute Gasteiger partial charge is 0.341 e. The van der Waals surface area contributed by atoms with E-state index in [1.807, 2.05) is 43.3 Å². The lowest BCUT2D eigenvalue weighted by atomic mass is 9.75. The van der Waals surface area contributed by atoms with Gasteiger partial charge in [-0.2, -0.15) is 0 Å². The number of carboxylic acids is 1. The number of ether oxygens (including phenoxy) is 3. The Labute approximate surface area is 213 Å². The van der Waals surface area contributed by atoms with Crippen molar-refractivity contribution in [1.29, 1.82) is 0 Å². The highest BCUT2D eigenvalue weighted by Gasteiger charge is 2.39. The molecule has 3 aromatic carbocycles. The highest BCUT2D eigenvalue weighted by atomic mass is 16.5. The van der Waals surface area contributed by atoms with Crippen molar-refractivity contribution < 1.29 is 24.1 Å². The minimum atomic E-state index is -1.03. The fourth-order valence-corrected chi connectivity index (χ4v) is 4.87. The quantitative estimate of drug-likeness (QED) is 0.336. The summed E-state index contributed by atoms with van der Waals surface area (Å²) in [5.41, 5.74) is 5.58. The van der Waals surface area contributed by atoms with Crippen LogP contribution in [0.3, 0.4) is 0 Å². The molecule has 1 aliphatic heterocycles. The Morgan fingerprint density at radius 3 is 2.44 bits per heavy atom. The summed E-state index contributed by atoms with van der Waals surface area (Å²) in [6.07, 6.45) is 0.466. The average molecular weight is 487 g/mol. The number of aliphatic carboxylic acids is 1. The molecule has 5 nitrogen and oxygen atoms in total. The van der Waals surface area contributed by atoms with E-state index in [-0.39, 0.29) is 24.0 Å². The molecule has 36 heavy (non-hydrogen) atoms. The van der Waals surface area contributed by atoms with Crippen molar-refractivity contribution in [3.63, 3.8) is 0 Å². The zero-order valence-corrected chi connectivity index (χ0v) is 21.4. The molecule has 0 amide bonds. The third kappa shape index (κ3) is 5.80. The summed E-state index contributed by atoms with van der Waals surface area (Å²) in [6.45, 7) is 12.2. The number of carboxylic acid groups (broad SMARTS) is 1. The summed E-state index contributed by atoms with van der Waals surface area (Å²) in [7, 11) is 0. The van der Waals surface area contributed by atoms with Crippen LogP contribution in [-0.2, 0) is 9.53 Å². The maximum absolute atomic E-state index is 11.2. The van der Waals surface area contributed by atoms with Crippen molar-refractivity contribution >= 4 is 5.97 Å². The van der Waals surface area contributed by atoms with Crippen LogP contribution in [0.5, 0.6) is 17.2 Å². The van der Waals surface area contributed by atoms with Gasteiger partial charge in [-0.25, -0.2) is 4.79 Å². The second-order valence-corrected chi connectivity index (χ2v) is 9.70. The Morgan fingerprint density at radius 2 is 1.78 bits per heavy atom. The lowest BCUT2D eigenvalue weighted by molar-refractivity contribution is -0.139. The molecule has 0 saturated carbocycles. The van der Waals surface area contributed by atoms with E-state index in [4.69, 9.17) is 14.2 Å². The maximum atomic E-state index is 11.2. The van der Waals surface area contributed by atoms with Crippen LogP contribution >= 0.6 is 0 Å². The van der Waals surface area contributed by atoms with E-state index >= 15 is 0 Å². The summed E-state index contributed by atoms with van der Waals surface area (Å²) in [4.78, 5) is 11.2. The molecule has 0 radical (unpaired) electrons. The van der Waals surface area contributed by atoms with Gasteiger partial charge < -0.3 is 19.3 Å². The molecule has 0 unspecified atom stereocenters. The topological polar surface area (TPSA) is 65.0 Å². The molecule has 4 atom stereocenters. The van der Waals surface area contributed by atoms with Crippen LogP contribution in [0.1, 0.15) is 54.5 Å². The van der Waals surface area contributed by atoms with Gasteiger partial charge in [0.05, 0.1) is 12.2 Å². The second kappa shape index (κ2) is 11.0. The molecular formula is C31H34O5. The molecule has 1 fully saturated rings. The van der Waals surface area contributed by atoms with Gasteiger partial charge in [-0.3, -0.25) is 0 Å². The Bertz CT molecular complexity index is 1230. The molecule has 1 aliphatic rings. The van der Waals surface area contributed by atoms with Gasteiger partial charge in [-0.1, -0.05) is 48.6 Å². The van der Waals surface area contributed by atoms with E-state index < -0.39 is 12.6 Å². The molecule has 188 valence electrons. The fourth-order valence-electron chi connectivity index (χ4n) is 4.87. The number of carbonyl (C=O) groups is 1. The SMILES string of the molecule is C=C(C)[C@H]1C[C@H](c2ccc(C)c(C)c2)[C@H](C)O[C@@H]1c1cc(Oc2ccccc2)ccc1OCC(=O)O. The minimum absolute atomic E-state index is 0.0203. The van der Waals surface area contributed by atoms with Gasteiger partial charge in [-0.15, -0.1) is 0 Å². The first-order valence-corrected chi connectivity index (χ1v) is 12.3. The van der Waals surface area contributed by atoms with Crippen molar-refractivity contribution in [2.75, 3.05) is 6.61 Å². The van der Waals surface area contributed by atoms with E-state index in [0.717, 1.165) is 17.6 Å². The van der Waals surface area contributed by atoms with Gasteiger partial charge in [-0.05, 0) is 81.1 Å². The van der Waals surface area contributed by atoms with Crippen molar-refractivity contribution in [2.24, 2.45) is 5.92 Å². The molecule has 1 saturated heterocycles. The van der Waals surface area contributed by atoms with Gasteiger partial charge in [0, 0.05) is 17.4 Å². The molecule has 0 aromatic heterocycles. The van der Waals surface area contributed by atoms with Crippen LogP contribution in [0, 0.1) is 19.8 Å². The van der Waals surface area contributed by atoms with Crippen LogP contribution in [-0.4, -0.2) is 23.8 Å². The lowest BCUT2D eigenvalue weighted by Crippen LogP contribution is -2.34. The summed E-state index contributed by atoms with van der Waals surface area (Å²) < 4.78 is 18.5. The predicted octanol–water partition coefficient (Wildman–Crippen LogP) is 7.39. The molecule has 1 N–H and O–H groups in total. The predicted molar refractivity (Wildman–Crippen MR) is 141 cm³/mol. The number of para-hydroxylation sites is 1. The van der Waals surface area contributed by atoms with Crippen molar-refractivity contribution in [2.45, 2.75) is 52.2 Å². The van der Waals surface area contributed by atoms with Crippen LogP contribution in [0.2, 0.25) is 0 Å². The number of benzene rings is 3. The zero-order valence-electron chi connectivity index (χ0n) is 21.4. The van der Waals surface area contributed by atoms with E-state index in [9.17, 15) is 9.90 Å². The molecule has 5 heteroatoms. The van der Waals surface area contributed by atoms with Gasteiger partial charge in [0.25, 0.3) is 0 Å². The summed E-state index contributed by atoms with van der Waals surface area (Å²) in [5, 5.41) is 9.22. The molecule has 0 aliphatic carbocycles. The Balaban J connectivity index is 1.69. The fraction of sp³-hybridized carbons (Fsp3) is 0.323. The first-order valence-electron chi connectivity index (χ1n) is 12.3. The Kier molecular flexibility index (Phi) is 7.80. The maximum Gasteiger partial charge on any atom is 0.341 e. The van der Waals surface area contributed by atoms with Crippen molar-refractivity contribution in [1.82, 2.24) is 0 Å². The van der Waals surface area contributed by atoms with Gasteiger partial charge in [0.15, 0.2) is 6.61 Å². The van der Waals surface area contributed by atoms with Crippen LogP contribution in [0.15, 0.2) is 78.9 Å². The first kappa shape index (κ1) is 25.5. The molecule has 3 aromatic rings. The third-order valence-electron chi connectivity index (χ3n) is 7.01. The molecule has 1 heterocycles.